The average Bonchev–Trinajstić information content (AvgIpc) is 2.37. The number of nitrogens with one attached hydrogen (secondary N) is 1. The van der Waals surface area contributed by atoms with Crippen LogP contribution in [0.1, 0.15) is 46.0 Å². The van der Waals surface area contributed by atoms with Crippen LogP contribution in [0.2, 0.25) is 0 Å². The minimum absolute atomic E-state index is 0.0334. The zero-order valence-corrected chi connectivity index (χ0v) is 12.1. The highest BCUT2D eigenvalue weighted by Crippen LogP contribution is 2.26. The number of amides is 1. The molecule has 4 heteroatoms. The van der Waals surface area contributed by atoms with Gasteiger partial charge in [-0.3, -0.25) is 4.79 Å². The van der Waals surface area contributed by atoms with Crippen LogP contribution in [-0.4, -0.2) is 29.5 Å². The molecular formula is C13H26N2OS. The smallest absolute Gasteiger partial charge is 0.237 e. The molecule has 1 rings (SSSR count). The van der Waals surface area contributed by atoms with E-state index >= 15 is 0 Å². The van der Waals surface area contributed by atoms with Crippen LogP contribution in [0.25, 0.3) is 0 Å². The largest absolute Gasteiger partial charge is 0.352 e. The highest BCUT2D eigenvalue weighted by atomic mass is 32.2. The lowest BCUT2D eigenvalue weighted by Crippen LogP contribution is -2.49. The van der Waals surface area contributed by atoms with Crippen molar-refractivity contribution in [2.24, 2.45) is 11.7 Å². The van der Waals surface area contributed by atoms with Crippen LogP contribution in [0.3, 0.4) is 0 Å². The molecule has 4 atom stereocenters. The lowest BCUT2D eigenvalue weighted by Gasteiger charge is -2.30. The van der Waals surface area contributed by atoms with Gasteiger partial charge >= 0.3 is 0 Å². The first kappa shape index (κ1) is 14.8. The quantitative estimate of drug-likeness (QED) is 0.794. The molecule has 0 aromatic carbocycles. The van der Waals surface area contributed by atoms with Crippen LogP contribution >= 0.6 is 11.8 Å². The second-order valence-electron chi connectivity index (χ2n) is 5.14. The molecule has 1 saturated carbocycles. The molecule has 0 radical (unpaired) electrons. The Labute approximate surface area is 109 Å². The fourth-order valence-electron chi connectivity index (χ4n) is 2.30. The summed E-state index contributed by atoms with van der Waals surface area (Å²) in [7, 11) is 0. The third-order valence-corrected chi connectivity index (χ3v) is 4.96. The van der Waals surface area contributed by atoms with E-state index in [0.717, 1.165) is 19.3 Å². The Morgan fingerprint density at radius 3 is 2.82 bits per heavy atom. The molecule has 1 amide bonds. The summed E-state index contributed by atoms with van der Waals surface area (Å²) in [6, 6.07) is -0.0153. The van der Waals surface area contributed by atoms with Gasteiger partial charge in [-0.2, -0.15) is 11.8 Å². The fraction of sp³-hybridized carbons (Fsp3) is 0.923. The van der Waals surface area contributed by atoms with Crippen LogP contribution < -0.4 is 11.1 Å². The van der Waals surface area contributed by atoms with E-state index in [1.165, 1.54) is 12.8 Å². The maximum absolute atomic E-state index is 12.0. The van der Waals surface area contributed by atoms with Gasteiger partial charge in [-0.25, -0.2) is 0 Å². The third-order valence-electron chi connectivity index (χ3n) is 3.87. The van der Waals surface area contributed by atoms with Crippen LogP contribution in [0.4, 0.5) is 0 Å². The molecule has 1 aliphatic rings. The zero-order valence-electron chi connectivity index (χ0n) is 11.2. The molecule has 0 saturated heterocycles. The van der Waals surface area contributed by atoms with Gasteiger partial charge in [0.2, 0.25) is 5.91 Å². The van der Waals surface area contributed by atoms with Crippen molar-refractivity contribution in [1.82, 2.24) is 5.32 Å². The maximum atomic E-state index is 12.0. The average molecular weight is 258 g/mol. The van der Waals surface area contributed by atoms with E-state index in [4.69, 9.17) is 5.73 Å². The summed E-state index contributed by atoms with van der Waals surface area (Å²) in [6.45, 7) is 4.11. The number of hydrogen-bond donors (Lipinski definition) is 2. The predicted octanol–water partition coefficient (Wildman–Crippen LogP) is 2.15. The summed E-state index contributed by atoms with van der Waals surface area (Å²) in [4.78, 5) is 12.0. The Morgan fingerprint density at radius 1 is 1.53 bits per heavy atom. The molecule has 1 aliphatic carbocycles. The topological polar surface area (TPSA) is 55.1 Å². The first-order valence-corrected chi connectivity index (χ1v) is 7.96. The summed E-state index contributed by atoms with van der Waals surface area (Å²) >= 11 is 1.91. The first-order chi connectivity index (χ1) is 8.08. The lowest BCUT2D eigenvalue weighted by atomic mass is 9.93. The van der Waals surface area contributed by atoms with Crippen molar-refractivity contribution in [2.75, 3.05) is 6.26 Å². The highest BCUT2D eigenvalue weighted by Gasteiger charge is 2.26. The van der Waals surface area contributed by atoms with Gasteiger partial charge in [0.15, 0.2) is 0 Å². The molecule has 0 spiro atoms. The number of carbonyl (C=O) groups excluding carboxylic acids is 1. The molecule has 0 heterocycles. The van der Waals surface area contributed by atoms with Crippen LogP contribution in [0, 0.1) is 5.92 Å². The Balaban J connectivity index is 2.40. The summed E-state index contributed by atoms with van der Waals surface area (Å²) in [5.41, 5.74) is 5.94. The zero-order chi connectivity index (χ0) is 12.8. The van der Waals surface area contributed by atoms with E-state index < -0.39 is 0 Å². The normalized spacial score (nSPS) is 28.5. The first-order valence-electron chi connectivity index (χ1n) is 6.67. The van der Waals surface area contributed by atoms with Crippen LogP contribution in [-0.2, 0) is 4.79 Å². The molecule has 0 bridgehead atoms. The summed E-state index contributed by atoms with van der Waals surface area (Å²) < 4.78 is 0. The molecule has 0 aliphatic heterocycles. The molecule has 0 aromatic rings. The summed E-state index contributed by atoms with van der Waals surface area (Å²) in [5.74, 6) is 0.293. The number of nitrogens with two attached hydrogens (primary N) is 1. The van der Waals surface area contributed by atoms with E-state index in [0.29, 0.717) is 11.3 Å². The maximum Gasteiger partial charge on any atom is 0.237 e. The predicted molar refractivity (Wildman–Crippen MR) is 75.1 cm³/mol. The number of thioether (sulfide) groups is 1. The van der Waals surface area contributed by atoms with Gasteiger partial charge in [-0.15, -0.1) is 0 Å². The van der Waals surface area contributed by atoms with E-state index in [-0.39, 0.29) is 17.9 Å². The van der Waals surface area contributed by atoms with Crippen molar-refractivity contribution >= 4 is 17.7 Å². The molecule has 3 nitrogen and oxygen atoms in total. The molecule has 17 heavy (non-hydrogen) atoms. The summed E-state index contributed by atoms with van der Waals surface area (Å²) in [6.07, 6.45) is 7.81. The molecule has 0 aromatic heterocycles. The monoisotopic (exact) mass is 258 g/mol. The van der Waals surface area contributed by atoms with Gasteiger partial charge in [0.1, 0.15) is 0 Å². The second kappa shape index (κ2) is 7.27. The van der Waals surface area contributed by atoms with E-state index in [1.54, 1.807) is 0 Å². The SMILES string of the molecule is CC[C@H](C)[C@H](N)C(=O)NC1CCCC(SC)C1. The van der Waals surface area contributed by atoms with Crippen molar-refractivity contribution in [2.45, 2.75) is 63.3 Å². The fourth-order valence-corrected chi connectivity index (χ4v) is 3.13. The standard InChI is InChI=1S/C13H26N2OS/c1-4-9(2)12(14)13(16)15-10-6-5-7-11(8-10)17-3/h9-12H,4-8,14H2,1-3H3,(H,15,16)/t9-,10?,11?,12-/m0/s1. The molecular weight excluding hydrogens is 232 g/mol. The number of hydrogen-bond acceptors (Lipinski definition) is 3. The van der Waals surface area contributed by atoms with Gasteiger partial charge in [0, 0.05) is 11.3 Å². The van der Waals surface area contributed by atoms with Gasteiger partial charge in [-0.1, -0.05) is 26.7 Å². The van der Waals surface area contributed by atoms with E-state index in [9.17, 15) is 4.79 Å². The molecule has 100 valence electrons. The Morgan fingerprint density at radius 2 is 2.24 bits per heavy atom. The Kier molecular flexibility index (Phi) is 6.34. The van der Waals surface area contributed by atoms with Gasteiger partial charge in [-0.05, 0) is 31.4 Å². The number of carbonyl (C=O) groups is 1. The van der Waals surface area contributed by atoms with Crippen molar-refractivity contribution in [3.63, 3.8) is 0 Å². The van der Waals surface area contributed by atoms with Crippen LogP contribution in [0.15, 0.2) is 0 Å². The van der Waals surface area contributed by atoms with Crippen molar-refractivity contribution < 1.29 is 4.79 Å². The second-order valence-corrected chi connectivity index (χ2v) is 6.28. The van der Waals surface area contributed by atoms with Crippen molar-refractivity contribution in [3.05, 3.63) is 0 Å². The molecule has 1 fully saturated rings. The Bertz CT molecular complexity index is 248. The minimum atomic E-state index is -0.352. The molecule has 2 unspecified atom stereocenters. The highest BCUT2D eigenvalue weighted by molar-refractivity contribution is 7.99. The molecule has 3 N–H and O–H groups in total. The third kappa shape index (κ3) is 4.51. The van der Waals surface area contributed by atoms with Gasteiger partial charge in [0.05, 0.1) is 6.04 Å². The van der Waals surface area contributed by atoms with E-state index in [1.807, 2.05) is 18.7 Å². The van der Waals surface area contributed by atoms with Crippen LogP contribution in [0.5, 0.6) is 0 Å². The summed E-state index contributed by atoms with van der Waals surface area (Å²) in [5, 5.41) is 3.82. The van der Waals surface area contributed by atoms with Crippen molar-refractivity contribution in [1.29, 1.82) is 0 Å². The number of rotatable bonds is 5. The lowest BCUT2D eigenvalue weighted by molar-refractivity contribution is -0.124. The van der Waals surface area contributed by atoms with Gasteiger partial charge < -0.3 is 11.1 Å². The van der Waals surface area contributed by atoms with Gasteiger partial charge in [0.25, 0.3) is 0 Å². The van der Waals surface area contributed by atoms with Crippen molar-refractivity contribution in [3.8, 4) is 0 Å². The van der Waals surface area contributed by atoms with E-state index in [2.05, 4.69) is 18.5 Å². The Hall–Kier alpha value is -0.220. The minimum Gasteiger partial charge on any atom is -0.352 e.